The largest absolute Gasteiger partial charge is 0.453 e. The lowest BCUT2D eigenvalue weighted by Crippen LogP contribution is -2.54. The second kappa shape index (κ2) is 9.44. The Labute approximate surface area is 206 Å². The Bertz CT molecular complexity index is 1250. The number of ether oxygens (including phenoxy) is 1. The smallest absolute Gasteiger partial charge is 0.409 e. The molecule has 2 N–H and O–H groups in total. The molecule has 2 saturated heterocycles. The highest BCUT2D eigenvalue weighted by Crippen LogP contribution is 2.32. The monoisotopic (exact) mass is 494 g/mol. The van der Waals surface area contributed by atoms with Crippen molar-refractivity contribution >= 4 is 35.4 Å². The van der Waals surface area contributed by atoms with Crippen molar-refractivity contribution in [3.05, 3.63) is 47.3 Å². The molecule has 3 aliphatic heterocycles. The van der Waals surface area contributed by atoms with E-state index >= 15 is 0 Å². The number of carbonyl (C=O) groups excluding carboxylic acids is 5. The van der Waals surface area contributed by atoms with Crippen molar-refractivity contribution in [2.24, 2.45) is 0 Å². The third kappa shape index (κ3) is 4.18. The van der Waals surface area contributed by atoms with Crippen LogP contribution in [0.5, 0.6) is 0 Å². The fourth-order valence-electron chi connectivity index (χ4n) is 4.97. The lowest BCUT2D eigenvalue weighted by molar-refractivity contribution is -0.136. The van der Waals surface area contributed by atoms with Gasteiger partial charge >= 0.3 is 6.09 Å². The van der Waals surface area contributed by atoms with Gasteiger partial charge in [0.05, 0.1) is 30.5 Å². The van der Waals surface area contributed by atoms with Crippen LogP contribution < -0.4 is 10.6 Å². The summed E-state index contributed by atoms with van der Waals surface area (Å²) in [6.07, 6.45) is 5.06. The summed E-state index contributed by atoms with van der Waals surface area (Å²) >= 11 is 0. The molecule has 4 heterocycles. The van der Waals surface area contributed by atoms with Gasteiger partial charge in [-0.1, -0.05) is 6.07 Å². The normalized spacial score (nSPS) is 20.4. The van der Waals surface area contributed by atoms with Gasteiger partial charge in [-0.2, -0.15) is 5.10 Å². The highest BCUT2D eigenvalue weighted by molar-refractivity contribution is 6.25. The SMILES string of the molecule is COC(=O)N1CCC(n2cc(CNc3cccc4c3C(=O)N(C3CCC(=O)NC3=O)C4=O)cn2)CC1. The summed E-state index contributed by atoms with van der Waals surface area (Å²) in [7, 11) is 1.37. The molecule has 5 amide bonds. The predicted octanol–water partition coefficient (Wildman–Crippen LogP) is 1.30. The molecule has 0 radical (unpaired) electrons. The molecular weight excluding hydrogens is 468 g/mol. The Morgan fingerprint density at radius 3 is 2.64 bits per heavy atom. The summed E-state index contributed by atoms with van der Waals surface area (Å²) in [5, 5.41) is 9.89. The molecule has 36 heavy (non-hydrogen) atoms. The van der Waals surface area contributed by atoms with Crippen LogP contribution in [0.4, 0.5) is 10.5 Å². The van der Waals surface area contributed by atoms with Gasteiger partial charge in [0.15, 0.2) is 0 Å². The number of benzene rings is 1. The molecule has 12 heteroatoms. The van der Waals surface area contributed by atoms with Crippen LogP contribution in [0.3, 0.4) is 0 Å². The highest BCUT2D eigenvalue weighted by Gasteiger charge is 2.45. The Kier molecular flexibility index (Phi) is 6.17. The van der Waals surface area contributed by atoms with E-state index < -0.39 is 29.7 Å². The molecule has 0 saturated carbocycles. The number of hydrogen-bond donors (Lipinski definition) is 2. The fourth-order valence-corrected chi connectivity index (χ4v) is 4.97. The number of rotatable bonds is 5. The summed E-state index contributed by atoms with van der Waals surface area (Å²) in [6, 6.07) is 4.11. The topological polar surface area (TPSA) is 143 Å². The lowest BCUT2D eigenvalue weighted by Gasteiger charge is -2.30. The molecule has 12 nitrogen and oxygen atoms in total. The number of amides is 5. The first kappa shape index (κ1) is 23.5. The Hall–Kier alpha value is -4.22. The maximum absolute atomic E-state index is 13.2. The first-order valence-electron chi connectivity index (χ1n) is 11.8. The first-order valence-corrected chi connectivity index (χ1v) is 11.8. The van der Waals surface area contributed by atoms with E-state index in [4.69, 9.17) is 4.74 Å². The van der Waals surface area contributed by atoms with Gasteiger partial charge in [-0.25, -0.2) is 4.79 Å². The predicted molar refractivity (Wildman–Crippen MR) is 125 cm³/mol. The van der Waals surface area contributed by atoms with Crippen LogP contribution in [-0.4, -0.2) is 75.5 Å². The molecule has 2 aromatic rings. The van der Waals surface area contributed by atoms with Gasteiger partial charge in [0.2, 0.25) is 11.8 Å². The average molecular weight is 495 g/mol. The van der Waals surface area contributed by atoms with Crippen molar-refractivity contribution in [1.29, 1.82) is 0 Å². The van der Waals surface area contributed by atoms with Crippen molar-refractivity contribution in [2.75, 3.05) is 25.5 Å². The minimum atomic E-state index is -1.01. The Morgan fingerprint density at radius 1 is 1.14 bits per heavy atom. The van der Waals surface area contributed by atoms with Gasteiger partial charge in [-0.15, -0.1) is 0 Å². The molecule has 1 unspecified atom stereocenters. The minimum Gasteiger partial charge on any atom is -0.453 e. The van der Waals surface area contributed by atoms with Gasteiger partial charge in [-0.05, 0) is 31.4 Å². The molecule has 1 aromatic carbocycles. The Morgan fingerprint density at radius 2 is 1.92 bits per heavy atom. The van der Waals surface area contributed by atoms with Crippen LogP contribution in [0.1, 0.15) is 58.0 Å². The molecule has 0 spiro atoms. The highest BCUT2D eigenvalue weighted by atomic mass is 16.5. The quantitative estimate of drug-likeness (QED) is 0.592. The number of methoxy groups -OCH3 is 1. The molecule has 1 aromatic heterocycles. The van der Waals surface area contributed by atoms with Crippen molar-refractivity contribution < 1.29 is 28.7 Å². The molecule has 2 fully saturated rings. The zero-order valence-corrected chi connectivity index (χ0v) is 19.7. The van der Waals surface area contributed by atoms with Crippen molar-refractivity contribution in [3.63, 3.8) is 0 Å². The minimum absolute atomic E-state index is 0.0701. The number of anilines is 1. The van der Waals surface area contributed by atoms with E-state index in [2.05, 4.69) is 15.7 Å². The number of aromatic nitrogens is 2. The van der Waals surface area contributed by atoms with Crippen molar-refractivity contribution in [2.45, 2.75) is 44.3 Å². The number of likely N-dealkylation sites (tertiary alicyclic amines) is 1. The lowest BCUT2D eigenvalue weighted by atomic mass is 10.0. The molecule has 188 valence electrons. The number of nitrogens with zero attached hydrogens (tertiary/aromatic N) is 4. The van der Waals surface area contributed by atoms with E-state index in [0.717, 1.165) is 23.3 Å². The number of piperidine rings is 2. The van der Waals surface area contributed by atoms with E-state index in [1.165, 1.54) is 7.11 Å². The summed E-state index contributed by atoms with van der Waals surface area (Å²) in [6.45, 7) is 1.57. The number of nitrogens with one attached hydrogen (secondary N) is 2. The summed E-state index contributed by atoms with van der Waals surface area (Å²) in [5.41, 5.74) is 1.82. The summed E-state index contributed by atoms with van der Waals surface area (Å²) in [4.78, 5) is 64.3. The van der Waals surface area contributed by atoms with Crippen molar-refractivity contribution in [3.8, 4) is 0 Å². The number of hydrogen-bond acceptors (Lipinski definition) is 8. The zero-order chi connectivity index (χ0) is 25.4. The maximum atomic E-state index is 13.2. The van der Waals surface area contributed by atoms with Gasteiger partial charge < -0.3 is 15.0 Å². The van der Waals surface area contributed by atoms with Crippen LogP contribution in [0.15, 0.2) is 30.6 Å². The third-order valence-electron chi connectivity index (χ3n) is 6.88. The second-order valence-corrected chi connectivity index (χ2v) is 9.05. The number of carbonyl (C=O) groups is 5. The fraction of sp³-hybridized carbons (Fsp3) is 0.417. The molecule has 0 bridgehead atoms. The van der Waals surface area contributed by atoms with Crippen LogP contribution in [0, 0.1) is 0 Å². The molecular formula is C24H26N6O6. The van der Waals surface area contributed by atoms with E-state index in [1.54, 1.807) is 29.3 Å². The van der Waals surface area contributed by atoms with Gasteiger partial charge in [0.25, 0.3) is 11.8 Å². The van der Waals surface area contributed by atoms with E-state index in [-0.39, 0.29) is 36.1 Å². The summed E-state index contributed by atoms with van der Waals surface area (Å²) < 4.78 is 6.67. The van der Waals surface area contributed by atoms with Crippen molar-refractivity contribution in [1.82, 2.24) is 24.9 Å². The van der Waals surface area contributed by atoms with Crippen LogP contribution in [0.25, 0.3) is 0 Å². The van der Waals surface area contributed by atoms with E-state index in [0.29, 0.717) is 25.3 Å². The zero-order valence-electron chi connectivity index (χ0n) is 19.7. The summed E-state index contributed by atoms with van der Waals surface area (Å²) in [5.74, 6) is -2.15. The second-order valence-electron chi connectivity index (χ2n) is 9.05. The average Bonchev–Trinajstić information content (AvgIpc) is 3.46. The van der Waals surface area contributed by atoms with Crippen LogP contribution >= 0.6 is 0 Å². The number of fused-ring (bicyclic) bond motifs is 1. The van der Waals surface area contributed by atoms with Gasteiger partial charge in [0.1, 0.15) is 6.04 Å². The first-order chi connectivity index (χ1) is 17.4. The van der Waals surface area contributed by atoms with Gasteiger partial charge in [-0.3, -0.25) is 34.1 Å². The van der Waals surface area contributed by atoms with E-state index in [1.807, 2.05) is 10.9 Å². The van der Waals surface area contributed by atoms with Crippen LogP contribution in [-0.2, 0) is 20.9 Å². The molecule has 3 aliphatic rings. The van der Waals surface area contributed by atoms with Gasteiger partial charge in [0, 0.05) is 43.5 Å². The molecule has 0 aliphatic carbocycles. The number of imide groups is 2. The van der Waals surface area contributed by atoms with E-state index in [9.17, 15) is 24.0 Å². The molecule has 1 atom stereocenters. The third-order valence-corrected chi connectivity index (χ3v) is 6.88. The maximum Gasteiger partial charge on any atom is 0.409 e. The Balaban J connectivity index is 1.26. The van der Waals surface area contributed by atoms with Crippen LogP contribution in [0.2, 0.25) is 0 Å². The standard InChI is InChI=1S/C24H26N6O6/c1-36-24(35)28-9-7-15(8-10-28)29-13-14(12-26-29)11-25-17-4-2-3-16-20(17)23(34)30(22(16)33)18-5-6-19(31)27-21(18)32/h2-4,12-13,15,18,25H,5-11H2,1H3,(H,27,31,32). The molecule has 5 rings (SSSR count).